The molecule has 2 aromatic carbocycles. The Balaban J connectivity index is 1.64. The fourth-order valence-electron chi connectivity index (χ4n) is 3.58. The molecule has 1 amide bonds. The summed E-state index contributed by atoms with van der Waals surface area (Å²) in [7, 11) is 4.73. The van der Waals surface area contributed by atoms with Gasteiger partial charge in [0.05, 0.1) is 27.8 Å². The van der Waals surface area contributed by atoms with Crippen LogP contribution in [-0.2, 0) is 30.6 Å². The van der Waals surface area contributed by atoms with Crippen LogP contribution < -0.4 is 19.5 Å². The van der Waals surface area contributed by atoms with Crippen LogP contribution in [0.2, 0.25) is 0 Å². The van der Waals surface area contributed by atoms with Gasteiger partial charge in [-0.15, -0.1) is 0 Å². The zero-order valence-electron chi connectivity index (χ0n) is 16.3. The molecule has 0 saturated carbocycles. The third-order valence-corrected chi connectivity index (χ3v) is 4.99. The first-order chi connectivity index (χ1) is 13.1. The summed E-state index contributed by atoms with van der Waals surface area (Å²) in [6.07, 6.45) is 5.17. The Kier molecular flexibility index (Phi) is 6.22. The lowest BCUT2D eigenvalue weighted by Crippen LogP contribution is -2.24. The molecule has 0 radical (unpaired) electrons. The molecule has 1 N–H and O–H groups in total. The van der Waals surface area contributed by atoms with E-state index < -0.39 is 0 Å². The number of methoxy groups -OCH3 is 3. The van der Waals surface area contributed by atoms with Crippen molar-refractivity contribution in [3.05, 3.63) is 52.6 Å². The van der Waals surface area contributed by atoms with E-state index in [9.17, 15) is 4.79 Å². The molecule has 0 bridgehead atoms. The number of carbonyl (C=O) groups is 1. The first-order valence-corrected chi connectivity index (χ1v) is 9.31. The van der Waals surface area contributed by atoms with Gasteiger partial charge in [0.25, 0.3) is 0 Å². The fraction of sp³-hybridized carbons (Fsp3) is 0.409. The summed E-state index contributed by atoms with van der Waals surface area (Å²) in [6.45, 7) is 0.403. The number of aryl methyl sites for hydroxylation is 2. The van der Waals surface area contributed by atoms with Gasteiger partial charge < -0.3 is 19.5 Å². The summed E-state index contributed by atoms with van der Waals surface area (Å²) in [4.78, 5) is 12.4. The van der Waals surface area contributed by atoms with Crippen molar-refractivity contribution in [1.82, 2.24) is 5.32 Å². The summed E-state index contributed by atoms with van der Waals surface area (Å²) in [5.74, 6) is 1.70. The number of benzene rings is 2. The van der Waals surface area contributed by atoms with Gasteiger partial charge in [0.1, 0.15) is 0 Å². The molecule has 0 atom stereocenters. The van der Waals surface area contributed by atoms with Crippen molar-refractivity contribution in [1.29, 1.82) is 0 Å². The number of nitrogens with one attached hydrogen (secondary N) is 1. The molecule has 5 nitrogen and oxygen atoms in total. The summed E-state index contributed by atoms with van der Waals surface area (Å²) in [6, 6.07) is 10.1. The van der Waals surface area contributed by atoms with Crippen molar-refractivity contribution in [3.8, 4) is 17.2 Å². The van der Waals surface area contributed by atoms with Crippen LogP contribution >= 0.6 is 0 Å². The zero-order valence-corrected chi connectivity index (χ0v) is 16.3. The molecule has 1 aliphatic rings. The van der Waals surface area contributed by atoms with E-state index in [1.165, 1.54) is 24.0 Å². The van der Waals surface area contributed by atoms with E-state index in [0.29, 0.717) is 30.2 Å². The molecular formula is C22H27NO4. The van der Waals surface area contributed by atoms with Gasteiger partial charge in [0, 0.05) is 6.54 Å². The lowest BCUT2D eigenvalue weighted by atomic mass is 9.90. The van der Waals surface area contributed by atoms with Crippen LogP contribution in [0.25, 0.3) is 0 Å². The van der Waals surface area contributed by atoms with E-state index in [4.69, 9.17) is 14.2 Å². The molecule has 0 fully saturated rings. The molecule has 0 unspecified atom stereocenters. The van der Waals surface area contributed by atoms with Gasteiger partial charge in [-0.3, -0.25) is 4.79 Å². The van der Waals surface area contributed by atoms with Crippen LogP contribution in [0.5, 0.6) is 17.2 Å². The van der Waals surface area contributed by atoms with Crippen molar-refractivity contribution in [2.75, 3.05) is 21.3 Å². The maximum atomic E-state index is 12.4. The third kappa shape index (κ3) is 4.54. The van der Waals surface area contributed by atoms with E-state index in [2.05, 4.69) is 23.5 Å². The van der Waals surface area contributed by atoms with Crippen molar-refractivity contribution in [3.63, 3.8) is 0 Å². The van der Waals surface area contributed by atoms with Crippen molar-refractivity contribution < 1.29 is 19.0 Å². The quantitative estimate of drug-likeness (QED) is 0.812. The first-order valence-electron chi connectivity index (χ1n) is 9.31. The Labute approximate surface area is 160 Å². The van der Waals surface area contributed by atoms with Gasteiger partial charge >= 0.3 is 0 Å². The molecule has 3 rings (SSSR count). The average molecular weight is 369 g/mol. The summed E-state index contributed by atoms with van der Waals surface area (Å²) in [5.41, 5.74) is 4.79. The number of carbonyl (C=O) groups excluding carboxylic acids is 1. The van der Waals surface area contributed by atoms with E-state index in [1.54, 1.807) is 21.3 Å². The highest BCUT2D eigenvalue weighted by atomic mass is 16.5. The maximum Gasteiger partial charge on any atom is 0.224 e. The van der Waals surface area contributed by atoms with E-state index in [-0.39, 0.29) is 5.91 Å². The SMILES string of the molecule is COc1cc(CNC(=O)Cc2ccc3c(c2)CCCC3)cc(OC)c1OC. The van der Waals surface area contributed by atoms with Crippen LogP contribution in [0, 0.1) is 0 Å². The lowest BCUT2D eigenvalue weighted by molar-refractivity contribution is -0.120. The number of hydrogen-bond acceptors (Lipinski definition) is 4. The van der Waals surface area contributed by atoms with Crippen LogP contribution in [0.15, 0.2) is 30.3 Å². The Hall–Kier alpha value is -2.69. The largest absolute Gasteiger partial charge is 0.493 e. The zero-order chi connectivity index (χ0) is 19.2. The van der Waals surface area contributed by atoms with Crippen LogP contribution in [0.1, 0.15) is 35.1 Å². The highest BCUT2D eigenvalue weighted by Crippen LogP contribution is 2.38. The number of fused-ring (bicyclic) bond motifs is 1. The summed E-state index contributed by atoms with van der Waals surface area (Å²) < 4.78 is 16.0. The Morgan fingerprint density at radius 3 is 2.19 bits per heavy atom. The molecule has 27 heavy (non-hydrogen) atoms. The van der Waals surface area contributed by atoms with E-state index in [0.717, 1.165) is 24.0 Å². The predicted molar refractivity (Wildman–Crippen MR) is 105 cm³/mol. The monoisotopic (exact) mass is 369 g/mol. The Bertz CT molecular complexity index is 791. The van der Waals surface area contributed by atoms with Gasteiger partial charge in [-0.1, -0.05) is 18.2 Å². The number of ether oxygens (including phenoxy) is 3. The molecule has 1 aliphatic carbocycles. The van der Waals surface area contributed by atoms with Gasteiger partial charge in [-0.25, -0.2) is 0 Å². The van der Waals surface area contributed by atoms with Gasteiger partial charge in [-0.05, 0) is 60.1 Å². The van der Waals surface area contributed by atoms with E-state index >= 15 is 0 Å². The Morgan fingerprint density at radius 1 is 0.889 bits per heavy atom. The molecule has 0 aliphatic heterocycles. The number of rotatable bonds is 7. The molecular weight excluding hydrogens is 342 g/mol. The van der Waals surface area contributed by atoms with Crippen molar-refractivity contribution in [2.45, 2.75) is 38.6 Å². The predicted octanol–water partition coefficient (Wildman–Crippen LogP) is 3.45. The molecule has 0 saturated heterocycles. The second-order valence-electron chi connectivity index (χ2n) is 6.80. The summed E-state index contributed by atoms with van der Waals surface area (Å²) >= 11 is 0. The maximum absolute atomic E-state index is 12.4. The van der Waals surface area contributed by atoms with Crippen molar-refractivity contribution in [2.24, 2.45) is 0 Å². The lowest BCUT2D eigenvalue weighted by Gasteiger charge is -2.16. The Morgan fingerprint density at radius 2 is 1.56 bits per heavy atom. The second-order valence-corrected chi connectivity index (χ2v) is 6.80. The minimum atomic E-state index is -0.000453. The molecule has 0 heterocycles. The molecule has 5 heteroatoms. The van der Waals surface area contributed by atoms with E-state index in [1.807, 2.05) is 12.1 Å². The standard InChI is InChI=1S/C22H27NO4/c1-25-19-11-16(12-20(26-2)22(19)27-3)14-23-21(24)13-15-8-9-17-6-4-5-7-18(17)10-15/h8-12H,4-7,13-14H2,1-3H3,(H,23,24). The smallest absolute Gasteiger partial charge is 0.224 e. The minimum absolute atomic E-state index is 0.000453. The number of hydrogen-bond donors (Lipinski definition) is 1. The van der Waals surface area contributed by atoms with Crippen LogP contribution in [0.3, 0.4) is 0 Å². The normalized spacial score (nSPS) is 12.9. The van der Waals surface area contributed by atoms with Gasteiger partial charge in [0.2, 0.25) is 11.7 Å². The average Bonchev–Trinajstić information content (AvgIpc) is 2.71. The van der Waals surface area contributed by atoms with Crippen LogP contribution in [0.4, 0.5) is 0 Å². The van der Waals surface area contributed by atoms with Gasteiger partial charge in [0.15, 0.2) is 11.5 Å². The minimum Gasteiger partial charge on any atom is -0.493 e. The second kappa shape index (κ2) is 8.80. The van der Waals surface area contributed by atoms with Crippen molar-refractivity contribution >= 4 is 5.91 Å². The topological polar surface area (TPSA) is 56.8 Å². The fourth-order valence-corrected chi connectivity index (χ4v) is 3.58. The third-order valence-electron chi connectivity index (χ3n) is 4.99. The summed E-state index contributed by atoms with van der Waals surface area (Å²) in [5, 5.41) is 2.98. The van der Waals surface area contributed by atoms with Gasteiger partial charge in [-0.2, -0.15) is 0 Å². The number of amides is 1. The highest BCUT2D eigenvalue weighted by Gasteiger charge is 2.14. The molecule has 2 aromatic rings. The first kappa shape index (κ1) is 19.1. The highest BCUT2D eigenvalue weighted by molar-refractivity contribution is 5.78. The molecule has 0 spiro atoms. The molecule has 144 valence electrons. The molecule has 0 aromatic heterocycles. The van der Waals surface area contributed by atoms with Crippen LogP contribution in [-0.4, -0.2) is 27.2 Å².